The summed E-state index contributed by atoms with van der Waals surface area (Å²) in [6.07, 6.45) is 1.73. The summed E-state index contributed by atoms with van der Waals surface area (Å²) >= 11 is 0. The second-order valence-corrected chi connectivity index (χ2v) is 3.60. The molecule has 1 aromatic carbocycles. The predicted octanol–water partition coefficient (Wildman–Crippen LogP) is -1.55. The van der Waals surface area contributed by atoms with E-state index >= 15 is 0 Å². The molecule has 0 radical (unpaired) electrons. The van der Waals surface area contributed by atoms with Crippen molar-refractivity contribution in [2.75, 3.05) is 5.73 Å². The fourth-order valence-corrected chi connectivity index (χ4v) is 1.22. The van der Waals surface area contributed by atoms with Crippen molar-refractivity contribution in [1.29, 1.82) is 0 Å². The Morgan fingerprint density at radius 2 is 1.64 bits per heavy atom. The van der Waals surface area contributed by atoms with E-state index in [4.69, 9.17) is 5.73 Å². The second kappa shape index (κ2) is 7.91. The average molecular weight is 313 g/mol. The summed E-state index contributed by atoms with van der Waals surface area (Å²) in [5, 5.41) is 36.4. The van der Waals surface area contributed by atoms with Gasteiger partial charge < -0.3 is 21.1 Å². The maximum atomic E-state index is 10.4. The first kappa shape index (κ1) is 18.5. The van der Waals surface area contributed by atoms with Gasteiger partial charge in [0.05, 0.1) is 21.9 Å². The molecule has 0 saturated heterocycles. The van der Waals surface area contributed by atoms with Crippen molar-refractivity contribution in [3.05, 3.63) is 56.3 Å². The molecule has 0 bridgehead atoms. The number of aromatic carboxylic acids is 1. The van der Waals surface area contributed by atoms with Crippen LogP contribution in [-0.2, 0) is 0 Å². The number of aromatic amines is 2. The molecule has 0 fully saturated rings. The first-order chi connectivity index (χ1) is 9.81. The van der Waals surface area contributed by atoms with Gasteiger partial charge in [0.1, 0.15) is 0 Å². The lowest BCUT2D eigenvalue weighted by atomic mass is 10.2. The summed E-state index contributed by atoms with van der Waals surface area (Å²) in [7, 11) is 0. The zero-order valence-electron chi connectivity index (χ0n) is 10.8. The lowest BCUT2D eigenvalue weighted by Gasteiger charge is -2.01. The highest BCUT2D eigenvalue weighted by Crippen LogP contribution is 2.22. The zero-order valence-corrected chi connectivity index (χ0v) is 10.8. The highest BCUT2D eigenvalue weighted by Gasteiger charge is 2.16. The second-order valence-electron chi connectivity index (χ2n) is 3.60. The van der Waals surface area contributed by atoms with Crippen LogP contribution in [0.25, 0.3) is 0 Å². The van der Waals surface area contributed by atoms with Crippen LogP contribution < -0.4 is 15.9 Å². The zero-order chi connectivity index (χ0) is 16.0. The largest absolute Gasteiger partial charge is 0.545 e. The van der Waals surface area contributed by atoms with E-state index in [9.17, 15) is 30.1 Å². The molecule has 1 aromatic heterocycles. The maximum Gasteiger partial charge on any atom is 0.276 e. The molecule has 22 heavy (non-hydrogen) atoms. The molecular weight excluding hydrogens is 302 g/mol. The Morgan fingerprint density at radius 1 is 1.14 bits per heavy atom. The van der Waals surface area contributed by atoms with Gasteiger partial charge in [-0.05, 0) is 0 Å². The van der Waals surface area contributed by atoms with Crippen molar-refractivity contribution < 1.29 is 30.3 Å². The molecule has 12 nitrogen and oxygen atoms in total. The van der Waals surface area contributed by atoms with Gasteiger partial charge in [0.2, 0.25) is 0 Å². The predicted molar refractivity (Wildman–Crippen MR) is 69.5 cm³/mol. The monoisotopic (exact) mass is 313 g/mol. The molecule has 0 saturated carbocycles. The van der Waals surface area contributed by atoms with Crippen molar-refractivity contribution in [2.24, 2.45) is 0 Å². The molecule has 0 aliphatic rings. The van der Waals surface area contributed by atoms with Gasteiger partial charge in [-0.15, -0.1) is 5.10 Å². The van der Waals surface area contributed by atoms with Crippen molar-refractivity contribution in [1.82, 2.24) is 5.10 Å². The first-order valence-electron chi connectivity index (χ1n) is 5.27. The number of rotatable bonds is 3. The smallest absolute Gasteiger partial charge is 0.276 e. The lowest BCUT2D eigenvalue weighted by molar-refractivity contribution is -0.447. The van der Waals surface area contributed by atoms with Crippen LogP contribution >= 0.6 is 0 Å². The SMILES string of the molecule is Nc1cc[nH+][nH]1.O.O=C([O-])c1cc([N+](=O)[O-])cc([N+](=O)[O-])c1. The van der Waals surface area contributed by atoms with Gasteiger partial charge in [-0.25, -0.2) is 0 Å². The number of carboxylic acid groups (broad SMARTS) is 1. The van der Waals surface area contributed by atoms with Crippen LogP contribution in [0, 0.1) is 20.2 Å². The fourth-order valence-electron chi connectivity index (χ4n) is 1.22. The third kappa shape index (κ3) is 5.22. The number of nitro groups is 2. The van der Waals surface area contributed by atoms with Crippen molar-refractivity contribution in [3.8, 4) is 0 Å². The van der Waals surface area contributed by atoms with Gasteiger partial charge in [0, 0.05) is 23.8 Å². The summed E-state index contributed by atoms with van der Waals surface area (Å²) in [4.78, 5) is 29.2. The van der Waals surface area contributed by atoms with E-state index in [0.29, 0.717) is 24.0 Å². The van der Waals surface area contributed by atoms with Crippen LogP contribution in [-0.4, -0.2) is 26.4 Å². The van der Waals surface area contributed by atoms with Crippen LogP contribution in [0.4, 0.5) is 17.2 Å². The molecule has 2 aromatic rings. The number of nitrogens with one attached hydrogen (secondary N) is 2. The van der Waals surface area contributed by atoms with Gasteiger partial charge in [-0.1, -0.05) is 0 Å². The Kier molecular flexibility index (Phi) is 6.63. The number of hydrogen-bond acceptors (Lipinski definition) is 7. The fraction of sp³-hybridized carbons (Fsp3) is 0. The van der Waals surface area contributed by atoms with E-state index in [2.05, 4.69) is 10.2 Å². The molecular formula is C10H11N5O7. The summed E-state index contributed by atoms with van der Waals surface area (Å²) in [5.74, 6) is -1.04. The van der Waals surface area contributed by atoms with Crippen LogP contribution in [0.1, 0.15) is 10.4 Å². The average Bonchev–Trinajstić information content (AvgIpc) is 2.89. The minimum atomic E-state index is -1.71. The topological polar surface area (TPSA) is 214 Å². The highest BCUT2D eigenvalue weighted by molar-refractivity contribution is 5.87. The van der Waals surface area contributed by atoms with Gasteiger partial charge in [-0.3, -0.25) is 20.2 Å². The van der Waals surface area contributed by atoms with E-state index in [1.807, 2.05) is 0 Å². The van der Waals surface area contributed by atoms with Crippen molar-refractivity contribution in [2.45, 2.75) is 0 Å². The summed E-state index contributed by atoms with van der Waals surface area (Å²) < 4.78 is 0. The molecule has 12 heteroatoms. The third-order valence-corrected chi connectivity index (χ3v) is 2.12. The summed E-state index contributed by atoms with van der Waals surface area (Å²) in [5.41, 5.74) is 3.26. The molecule has 0 spiro atoms. The van der Waals surface area contributed by atoms with Crippen LogP contribution in [0.2, 0.25) is 0 Å². The molecule has 118 valence electrons. The Balaban J connectivity index is 0.000000529. The van der Waals surface area contributed by atoms with Gasteiger partial charge >= 0.3 is 0 Å². The molecule has 0 aliphatic carbocycles. The third-order valence-electron chi connectivity index (χ3n) is 2.12. The minimum Gasteiger partial charge on any atom is -0.545 e. The normalized spacial score (nSPS) is 8.91. The minimum absolute atomic E-state index is 0. The van der Waals surface area contributed by atoms with E-state index < -0.39 is 32.8 Å². The molecule has 2 rings (SSSR count). The summed E-state index contributed by atoms with van der Waals surface area (Å²) in [6, 6.07) is 3.82. The number of nitrogen functional groups attached to an aromatic ring is 1. The number of hydrogen-bond donors (Lipinski definition) is 2. The standard InChI is InChI=1S/C7H4N2O6.C3H5N3.H2O/c10-7(11)4-1-5(8(12)13)3-6(2-4)9(14)15;4-3-1-2-5-6-3;/h1-3H,(H,10,11);1-2H,(H3,4,5,6);1H2. The quantitative estimate of drug-likeness (QED) is 0.501. The van der Waals surface area contributed by atoms with Gasteiger partial charge in [0.25, 0.3) is 11.4 Å². The molecule has 1 heterocycles. The Hall–Kier alpha value is -3.54. The number of carboxylic acids is 1. The molecule has 0 amide bonds. The van der Waals surface area contributed by atoms with Crippen molar-refractivity contribution in [3.63, 3.8) is 0 Å². The van der Waals surface area contributed by atoms with E-state index in [-0.39, 0.29) is 5.48 Å². The first-order valence-corrected chi connectivity index (χ1v) is 5.27. The lowest BCUT2D eigenvalue weighted by Crippen LogP contribution is -2.22. The molecule has 6 N–H and O–H groups in total. The van der Waals surface area contributed by atoms with Crippen molar-refractivity contribution >= 4 is 23.2 Å². The molecule has 0 aliphatic heterocycles. The number of non-ortho nitro benzene ring substituents is 2. The number of benzene rings is 1. The number of carbonyl (C=O) groups excluding carboxylic acids is 1. The Labute approximate surface area is 121 Å². The maximum absolute atomic E-state index is 10.4. The van der Waals surface area contributed by atoms with Gasteiger partial charge in [-0.2, -0.15) is 5.10 Å². The summed E-state index contributed by atoms with van der Waals surface area (Å²) in [6.45, 7) is 0. The number of anilines is 1. The highest BCUT2D eigenvalue weighted by atomic mass is 16.6. The number of carbonyl (C=O) groups is 1. The number of nitrogens with zero attached hydrogens (tertiary/aromatic N) is 2. The molecule has 0 atom stereocenters. The van der Waals surface area contributed by atoms with Crippen LogP contribution in [0.3, 0.4) is 0 Å². The number of aromatic nitrogens is 2. The molecule has 0 unspecified atom stereocenters. The number of H-pyrrole nitrogens is 2. The van der Waals surface area contributed by atoms with Crippen LogP contribution in [0.15, 0.2) is 30.5 Å². The van der Waals surface area contributed by atoms with E-state index in [1.54, 1.807) is 12.3 Å². The number of nitro benzene ring substituents is 2. The van der Waals surface area contributed by atoms with E-state index in [1.165, 1.54) is 0 Å². The van der Waals surface area contributed by atoms with Crippen LogP contribution in [0.5, 0.6) is 0 Å². The Morgan fingerprint density at radius 3 is 1.86 bits per heavy atom. The van der Waals surface area contributed by atoms with E-state index in [0.717, 1.165) is 0 Å². The number of nitrogens with two attached hydrogens (primary N) is 1. The Bertz CT molecular complexity index is 591. The van der Waals surface area contributed by atoms with Gasteiger partial charge in [0.15, 0.2) is 12.0 Å².